The largest absolute Gasteiger partial charge is 0.497 e. The second kappa shape index (κ2) is 6.72. The first-order valence-electron chi connectivity index (χ1n) is 7.95. The molecule has 1 heterocycles. The van der Waals surface area contributed by atoms with Crippen molar-refractivity contribution >= 4 is 15.8 Å². The van der Waals surface area contributed by atoms with Gasteiger partial charge < -0.3 is 9.84 Å². The van der Waals surface area contributed by atoms with E-state index >= 15 is 0 Å². The van der Waals surface area contributed by atoms with E-state index in [1.54, 1.807) is 12.1 Å². The van der Waals surface area contributed by atoms with Crippen LogP contribution < -0.4 is 4.74 Å². The van der Waals surface area contributed by atoms with E-state index in [4.69, 9.17) is 4.74 Å². The summed E-state index contributed by atoms with van der Waals surface area (Å²) >= 11 is 0. The van der Waals surface area contributed by atoms with Gasteiger partial charge in [0, 0.05) is 12.1 Å². The fraction of sp³-hybridized carbons (Fsp3) is 0.588. The van der Waals surface area contributed by atoms with Gasteiger partial charge in [0.15, 0.2) is 9.84 Å². The van der Waals surface area contributed by atoms with Gasteiger partial charge in [0.05, 0.1) is 17.3 Å². The molecule has 0 spiro atoms. The predicted octanol–water partition coefficient (Wildman–Crippen LogP) is 2.18. The van der Waals surface area contributed by atoms with Gasteiger partial charge in [-0.2, -0.15) is 0 Å². The highest BCUT2D eigenvalue weighted by atomic mass is 32.2. The summed E-state index contributed by atoms with van der Waals surface area (Å²) in [5.41, 5.74) is -0.322. The SMILES string of the molecule is COc1ccc(S(=O)(=O)C2CCN(C(C)(C)C)C(C(=O)O)C2)cc1. The molecule has 7 heteroatoms. The lowest BCUT2D eigenvalue weighted by molar-refractivity contribution is -0.147. The summed E-state index contributed by atoms with van der Waals surface area (Å²) in [5, 5.41) is 8.85. The summed E-state index contributed by atoms with van der Waals surface area (Å²) in [6.45, 7) is 6.28. The van der Waals surface area contributed by atoms with Crippen molar-refractivity contribution in [2.45, 2.75) is 55.3 Å². The molecule has 1 aliphatic heterocycles. The van der Waals surface area contributed by atoms with Crippen molar-refractivity contribution < 1.29 is 23.1 Å². The molecule has 2 rings (SSSR count). The topological polar surface area (TPSA) is 83.9 Å². The third-order valence-corrected chi connectivity index (χ3v) is 6.76. The molecule has 24 heavy (non-hydrogen) atoms. The van der Waals surface area contributed by atoms with Crippen LogP contribution in [-0.4, -0.2) is 54.9 Å². The van der Waals surface area contributed by atoms with Crippen LogP contribution in [0, 0.1) is 0 Å². The van der Waals surface area contributed by atoms with Crippen LogP contribution in [0.5, 0.6) is 5.75 Å². The molecule has 2 atom stereocenters. The van der Waals surface area contributed by atoms with Crippen LogP contribution in [0.1, 0.15) is 33.6 Å². The Morgan fingerprint density at radius 1 is 1.25 bits per heavy atom. The molecule has 0 aromatic heterocycles. The molecule has 134 valence electrons. The average Bonchev–Trinajstić information content (AvgIpc) is 2.53. The van der Waals surface area contributed by atoms with Gasteiger partial charge in [-0.15, -0.1) is 0 Å². The van der Waals surface area contributed by atoms with Crippen LogP contribution in [0.4, 0.5) is 0 Å². The minimum Gasteiger partial charge on any atom is -0.497 e. The van der Waals surface area contributed by atoms with Gasteiger partial charge in [-0.3, -0.25) is 9.69 Å². The molecule has 0 bridgehead atoms. The number of carboxylic acid groups (broad SMARTS) is 1. The summed E-state index contributed by atoms with van der Waals surface area (Å²) in [4.78, 5) is 13.7. The second-order valence-corrected chi connectivity index (χ2v) is 9.31. The quantitative estimate of drug-likeness (QED) is 0.891. The minimum absolute atomic E-state index is 0.0982. The van der Waals surface area contributed by atoms with Crippen LogP contribution in [0.15, 0.2) is 29.2 Å². The zero-order valence-electron chi connectivity index (χ0n) is 14.5. The zero-order valence-corrected chi connectivity index (χ0v) is 15.3. The summed E-state index contributed by atoms with van der Waals surface area (Å²) in [6, 6.07) is 5.44. The van der Waals surface area contributed by atoms with Gasteiger partial charge in [0.2, 0.25) is 0 Å². The molecule has 1 aromatic carbocycles. The lowest BCUT2D eigenvalue weighted by Gasteiger charge is -2.44. The Morgan fingerprint density at radius 2 is 1.83 bits per heavy atom. The first-order valence-corrected chi connectivity index (χ1v) is 9.49. The average molecular weight is 355 g/mol. The first-order chi connectivity index (χ1) is 11.1. The number of hydrogen-bond donors (Lipinski definition) is 1. The van der Waals surface area contributed by atoms with Crippen LogP contribution >= 0.6 is 0 Å². The highest BCUT2D eigenvalue weighted by Gasteiger charge is 2.43. The molecule has 6 nitrogen and oxygen atoms in total. The van der Waals surface area contributed by atoms with Crippen molar-refractivity contribution in [1.29, 1.82) is 0 Å². The second-order valence-electron chi connectivity index (χ2n) is 7.09. The third kappa shape index (κ3) is 3.72. The number of methoxy groups -OCH3 is 1. The number of sulfone groups is 1. The molecular weight excluding hydrogens is 330 g/mol. The lowest BCUT2D eigenvalue weighted by Crippen LogP contribution is -2.57. The Labute approximate surface area is 143 Å². The number of nitrogens with zero attached hydrogens (tertiary/aromatic N) is 1. The number of hydrogen-bond acceptors (Lipinski definition) is 5. The van der Waals surface area contributed by atoms with Crippen molar-refractivity contribution in [3.05, 3.63) is 24.3 Å². The zero-order chi connectivity index (χ0) is 18.1. The van der Waals surface area contributed by atoms with Gasteiger partial charge in [0.25, 0.3) is 0 Å². The van der Waals surface area contributed by atoms with E-state index in [0.717, 1.165) is 0 Å². The highest BCUT2D eigenvalue weighted by Crippen LogP contribution is 2.32. The number of aliphatic carboxylic acids is 1. The lowest BCUT2D eigenvalue weighted by atomic mass is 9.94. The smallest absolute Gasteiger partial charge is 0.320 e. The number of carbonyl (C=O) groups is 1. The molecule has 1 aliphatic rings. The van der Waals surface area contributed by atoms with E-state index in [1.165, 1.54) is 19.2 Å². The van der Waals surface area contributed by atoms with E-state index in [0.29, 0.717) is 18.7 Å². The summed E-state index contributed by atoms with van der Waals surface area (Å²) in [6.07, 6.45) is 0.524. The Kier molecular flexibility index (Phi) is 5.25. The number of likely N-dealkylation sites (tertiary alicyclic amines) is 1. The van der Waals surface area contributed by atoms with Crippen LogP contribution in [0.3, 0.4) is 0 Å². The Bertz CT molecular complexity index is 691. The Morgan fingerprint density at radius 3 is 2.29 bits per heavy atom. The predicted molar refractivity (Wildman–Crippen MR) is 91.1 cm³/mol. The van der Waals surface area contributed by atoms with Crippen molar-refractivity contribution in [2.24, 2.45) is 0 Å². The molecule has 0 saturated carbocycles. The van der Waals surface area contributed by atoms with Crippen LogP contribution in [0.2, 0.25) is 0 Å². The summed E-state index contributed by atoms with van der Waals surface area (Å²) < 4.78 is 30.8. The van der Waals surface area contributed by atoms with Crippen molar-refractivity contribution in [2.75, 3.05) is 13.7 Å². The molecule has 0 aliphatic carbocycles. The number of rotatable bonds is 4. The molecule has 0 radical (unpaired) electrons. The van der Waals surface area contributed by atoms with Gasteiger partial charge >= 0.3 is 5.97 Å². The van der Waals surface area contributed by atoms with E-state index < -0.39 is 27.1 Å². The number of benzene rings is 1. The fourth-order valence-electron chi connectivity index (χ4n) is 3.21. The fourth-order valence-corrected chi connectivity index (χ4v) is 4.96. The van der Waals surface area contributed by atoms with Gasteiger partial charge in [-0.1, -0.05) is 0 Å². The van der Waals surface area contributed by atoms with E-state index in [2.05, 4.69) is 0 Å². The number of piperidine rings is 1. The van der Waals surface area contributed by atoms with Crippen molar-refractivity contribution in [3.8, 4) is 5.75 Å². The maximum Gasteiger partial charge on any atom is 0.320 e. The van der Waals surface area contributed by atoms with Crippen LogP contribution in [0.25, 0.3) is 0 Å². The number of carboxylic acids is 1. The maximum absolute atomic E-state index is 12.9. The molecule has 1 saturated heterocycles. The summed E-state index contributed by atoms with van der Waals surface area (Å²) in [5.74, 6) is -0.389. The normalized spacial score (nSPS) is 23.0. The molecule has 1 aromatic rings. The van der Waals surface area contributed by atoms with Gasteiger partial charge in [-0.05, 0) is 57.9 Å². The summed E-state index contributed by atoms with van der Waals surface area (Å²) in [7, 11) is -2.05. The Hall–Kier alpha value is -1.60. The Balaban J connectivity index is 2.27. The first kappa shape index (κ1) is 18.7. The molecule has 1 N–H and O–H groups in total. The molecular formula is C17H25NO5S. The van der Waals surface area contributed by atoms with Gasteiger partial charge in [-0.25, -0.2) is 8.42 Å². The monoisotopic (exact) mass is 355 g/mol. The molecule has 1 fully saturated rings. The van der Waals surface area contributed by atoms with E-state index in [-0.39, 0.29) is 16.9 Å². The molecule has 0 amide bonds. The van der Waals surface area contributed by atoms with Crippen LogP contribution in [-0.2, 0) is 14.6 Å². The number of ether oxygens (including phenoxy) is 1. The van der Waals surface area contributed by atoms with E-state index in [1.807, 2.05) is 25.7 Å². The standard InChI is InChI=1S/C17H25NO5S/c1-17(2,3)18-10-9-14(11-15(18)16(19)20)24(21,22)13-7-5-12(23-4)6-8-13/h5-8,14-15H,9-11H2,1-4H3,(H,19,20). The highest BCUT2D eigenvalue weighted by molar-refractivity contribution is 7.92. The van der Waals surface area contributed by atoms with E-state index in [9.17, 15) is 18.3 Å². The van der Waals surface area contributed by atoms with Crippen molar-refractivity contribution in [1.82, 2.24) is 4.90 Å². The maximum atomic E-state index is 12.9. The third-order valence-electron chi connectivity index (χ3n) is 4.53. The van der Waals surface area contributed by atoms with Gasteiger partial charge in [0.1, 0.15) is 11.8 Å². The van der Waals surface area contributed by atoms with Crippen molar-refractivity contribution in [3.63, 3.8) is 0 Å². The minimum atomic E-state index is -3.57. The molecule has 2 unspecified atom stereocenters.